The minimum Gasteiger partial charge on any atom is -0.508 e. The van der Waals surface area contributed by atoms with E-state index in [1.54, 1.807) is 12.1 Å². The summed E-state index contributed by atoms with van der Waals surface area (Å²) in [6.45, 7) is -1.23. The third-order valence-corrected chi connectivity index (χ3v) is 10.3. The number of nitrogens with zero attached hydrogens (tertiary/aromatic N) is 2. The molecule has 0 fully saturated rings. The van der Waals surface area contributed by atoms with Crippen LogP contribution in [0.25, 0.3) is 0 Å². The zero-order valence-electron chi connectivity index (χ0n) is 23.5. The largest absolute Gasteiger partial charge is 0.508 e. The fourth-order valence-electron chi connectivity index (χ4n) is 4.53. The van der Waals surface area contributed by atoms with Crippen molar-refractivity contribution >= 4 is 55.1 Å². The number of anilines is 2. The molecule has 4 N–H and O–H groups in total. The smallest absolute Gasteiger partial charge is 0.269 e. The highest BCUT2D eigenvalue weighted by atomic mass is 32.2. The Morgan fingerprint density at radius 3 is 1.20 bits per heavy atom. The summed E-state index contributed by atoms with van der Waals surface area (Å²) >= 11 is 0. The lowest BCUT2D eigenvalue weighted by Crippen LogP contribution is -2.37. The van der Waals surface area contributed by atoms with Crippen LogP contribution < -0.4 is 10.6 Å². The molecule has 4 aromatic carbocycles. The Morgan fingerprint density at radius 1 is 0.543 bits per heavy atom. The maximum absolute atomic E-state index is 12.3. The average molecular weight is 665 g/mol. The SMILES string of the molecule is O=C(CN1C(=O)c2ccccc2S1(=O)=O)Nc1ccc(O)cc1.O=C(CN1C(=O)c2ccccc2S1(=O)=O)Nc1ccc(O)cc1. The Balaban J connectivity index is 0.000000181. The standard InChI is InChI=1S/2C15H12N2O5S/c2*18-11-7-5-10(6-8-11)16-14(19)9-17-15(20)12-3-1-2-4-13(12)23(17,21)22/h2*1-8,18H,9H2,(H,16,19). The highest BCUT2D eigenvalue weighted by Gasteiger charge is 2.42. The summed E-state index contributed by atoms with van der Waals surface area (Å²) in [7, 11) is -8.01. The number of hydrogen-bond acceptors (Lipinski definition) is 10. The van der Waals surface area contributed by atoms with Crippen LogP contribution in [0, 0.1) is 0 Å². The maximum Gasteiger partial charge on any atom is 0.269 e. The van der Waals surface area contributed by atoms with E-state index in [1.807, 2.05) is 0 Å². The van der Waals surface area contributed by atoms with Gasteiger partial charge in [0, 0.05) is 11.4 Å². The Morgan fingerprint density at radius 2 is 0.870 bits per heavy atom. The molecule has 14 nitrogen and oxygen atoms in total. The van der Waals surface area contributed by atoms with E-state index in [1.165, 1.54) is 84.9 Å². The Bertz CT molecular complexity index is 1930. The molecule has 0 unspecified atom stereocenters. The summed E-state index contributed by atoms with van der Waals surface area (Å²) in [6.07, 6.45) is 0. The number of phenolic OH excluding ortho intramolecular Hbond substituents is 2. The Hall–Kier alpha value is -5.74. The molecule has 0 aliphatic carbocycles. The number of hydrogen-bond donors (Lipinski definition) is 4. The number of carbonyl (C=O) groups excluding carboxylic acids is 4. The molecule has 46 heavy (non-hydrogen) atoms. The molecular weight excluding hydrogens is 640 g/mol. The van der Waals surface area contributed by atoms with Gasteiger partial charge in [-0.2, -0.15) is 0 Å². The lowest BCUT2D eigenvalue weighted by Gasteiger charge is -2.14. The summed E-state index contributed by atoms with van der Waals surface area (Å²) in [5.41, 5.74) is 0.888. The molecule has 4 aromatic rings. The van der Waals surface area contributed by atoms with Crippen LogP contribution in [0.1, 0.15) is 20.7 Å². The molecule has 0 atom stereocenters. The van der Waals surface area contributed by atoms with E-state index in [9.17, 15) is 46.2 Å². The van der Waals surface area contributed by atoms with Crippen molar-refractivity contribution in [1.82, 2.24) is 8.61 Å². The molecular formula is C30H24N4O10S2. The molecule has 0 saturated heterocycles. The summed E-state index contributed by atoms with van der Waals surface area (Å²) < 4.78 is 50.4. The van der Waals surface area contributed by atoms with Crippen molar-refractivity contribution in [3.63, 3.8) is 0 Å². The van der Waals surface area contributed by atoms with E-state index in [4.69, 9.17) is 0 Å². The van der Waals surface area contributed by atoms with Crippen LogP contribution in [0.2, 0.25) is 0 Å². The third kappa shape index (κ3) is 6.24. The topological polar surface area (TPSA) is 208 Å². The number of sulfonamides is 2. The predicted molar refractivity (Wildman–Crippen MR) is 163 cm³/mol. The zero-order chi connectivity index (χ0) is 33.2. The van der Waals surface area contributed by atoms with Crippen molar-refractivity contribution in [3.8, 4) is 11.5 Å². The molecule has 4 amide bonds. The molecule has 236 valence electrons. The third-order valence-electron chi connectivity index (χ3n) is 6.70. The van der Waals surface area contributed by atoms with Crippen LogP contribution in [-0.4, -0.2) is 72.4 Å². The lowest BCUT2D eigenvalue weighted by atomic mass is 10.2. The predicted octanol–water partition coefficient (Wildman–Crippen LogP) is 2.35. The van der Waals surface area contributed by atoms with Gasteiger partial charge in [0.15, 0.2) is 0 Å². The highest BCUT2D eigenvalue weighted by molar-refractivity contribution is 7.90. The quantitative estimate of drug-likeness (QED) is 0.221. The first-order valence-electron chi connectivity index (χ1n) is 13.3. The van der Waals surface area contributed by atoms with Crippen molar-refractivity contribution in [2.75, 3.05) is 23.7 Å². The van der Waals surface area contributed by atoms with Crippen molar-refractivity contribution in [3.05, 3.63) is 108 Å². The van der Waals surface area contributed by atoms with Crippen LogP contribution in [-0.2, 0) is 29.6 Å². The molecule has 0 bridgehead atoms. The van der Waals surface area contributed by atoms with Gasteiger partial charge in [-0.1, -0.05) is 24.3 Å². The van der Waals surface area contributed by atoms with E-state index in [-0.39, 0.29) is 32.4 Å². The van der Waals surface area contributed by atoms with Crippen molar-refractivity contribution < 1.29 is 46.2 Å². The second kappa shape index (κ2) is 12.3. The first-order chi connectivity index (χ1) is 21.8. The monoisotopic (exact) mass is 664 g/mol. The molecule has 0 spiro atoms. The fraction of sp³-hybridized carbons (Fsp3) is 0.0667. The molecule has 0 aromatic heterocycles. The van der Waals surface area contributed by atoms with E-state index >= 15 is 0 Å². The van der Waals surface area contributed by atoms with Gasteiger partial charge in [0.05, 0.1) is 11.1 Å². The van der Waals surface area contributed by atoms with Crippen LogP contribution in [0.5, 0.6) is 11.5 Å². The van der Waals surface area contributed by atoms with Gasteiger partial charge < -0.3 is 20.8 Å². The van der Waals surface area contributed by atoms with Gasteiger partial charge in [0.2, 0.25) is 11.8 Å². The zero-order valence-corrected chi connectivity index (χ0v) is 25.2. The fourth-order valence-corrected chi connectivity index (χ4v) is 7.58. The van der Waals surface area contributed by atoms with Crippen LogP contribution in [0.3, 0.4) is 0 Å². The van der Waals surface area contributed by atoms with Crippen molar-refractivity contribution in [2.45, 2.75) is 9.79 Å². The van der Waals surface area contributed by atoms with Gasteiger partial charge in [-0.05, 0) is 72.8 Å². The molecule has 2 aliphatic heterocycles. The molecule has 16 heteroatoms. The molecule has 2 aliphatic rings. The van der Waals surface area contributed by atoms with Crippen LogP contribution in [0.15, 0.2) is 107 Å². The van der Waals surface area contributed by atoms with Crippen LogP contribution >= 0.6 is 0 Å². The Kier molecular flexibility index (Phi) is 8.49. The number of phenols is 2. The minimum absolute atomic E-state index is 0.0377. The first-order valence-corrected chi connectivity index (χ1v) is 16.2. The first kappa shape index (κ1) is 31.7. The van der Waals surface area contributed by atoms with Crippen molar-refractivity contribution in [2.24, 2.45) is 0 Å². The summed E-state index contributed by atoms with van der Waals surface area (Å²) in [6, 6.07) is 23.0. The van der Waals surface area contributed by atoms with Gasteiger partial charge in [-0.3, -0.25) is 19.2 Å². The van der Waals surface area contributed by atoms with Crippen molar-refractivity contribution in [1.29, 1.82) is 0 Å². The van der Waals surface area contributed by atoms with E-state index in [0.717, 1.165) is 0 Å². The van der Waals surface area contributed by atoms with E-state index in [0.29, 0.717) is 20.0 Å². The molecule has 6 rings (SSSR count). The second-order valence-electron chi connectivity index (χ2n) is 9.82. The number of rotatable bonds is 6. The van der Waals surface area contributed by atoms with E-state index < -0.39 is 56.8 Å². The number of nitrogens with one attached hydrogen (secondary N) is 2. The van der Waals surface area contributed by atoms with Gasteiger partial charge in [0.1, 0.15) is 34.4 Å². The van der Waals surface area contributed by atoms with Gasteiger partial charge in [-0.25, -0.2) is 25.4 Å². The van der Waals surface area contributed by atoms with Gasteiger partial charge in [0.25, 0.3) is 31.9 Å². The van der Waals surface area contributed by atoms with Gasteiger partial charge in [-0.15, -0.1) is 0 Å². The number of benzene rings is 4. The highest BCUT2D eigenvalue weighted by Crippen LogP contribution is 2.31. The van der Waals surface area contributed by atoms with Crippen LogP contribution in [0.4, 0.5) is 11.4 Å². The molecule has 0 radical (unpaired) electrons. The summed E-state index contributed by atoms with van der Waals surface area (Å²) in [5, 5.41) is 23.3. The van der Waals surface area contributed by atoms with Gasteiger partial charge >= 0.3 is 0 Å². The number of carbonyl (C=O) groups is 4. The summed E-state index contributed by atoms with van der Waals surface area (Å²) in [4.78, 5) is 48.2. The number of amides is 4. The Labute approximate surface area is 262 Å². The summed E-state index contributed by atoms with van der Waals surface area (Å²) in [5.74, 6) is -2.67. The lowest BCUT2D eigenvalue weighted by molar-refractivity contribution is -0.116. The normalized spacial score (nSPS) is 15.3. The average Bonchev–Trinajstić information content (AvgIpc) is 3.34. The molecule has 2 heterocycles. The maximum atomic E-state index is 12.3. The van der Waals surface area contributed by atoms with E-state index in [2.05, 4.69) is 10.6 Å². The second-order valence-corrected chi connectivity index (χ2v) is 13.5. The number of fused-ring (bicyclic) bond motifs is 2. The minimum atomic E-state index is -4.01. The number of aromatic hydroxyl groups is 2. The molecule has 0 saturated carbocycles.